The Bertz CT molecular complexity index is 413. The lowest BCUT2D eigenvalue weighted by atomic mass is 10.1. The van der Waals surface area contributed by atoms with E-state index in [1.807, 2.05) is 12.5 Å². The van der Waals surface area contributed by atoms with E-state index in [1.54, 1.807) is 11.8 Å². The van der Waals surface area contributed by atoms with Gasteiger partial charge in [-0.3, -0.25) is 0 Å². The number of rotatable bonds is 4. The quantitative estimate of drug-likeness (QED) is 0.605. The zero-order valence-corrected chi connectivity index (χ0v) is 11.5. The molecule has 0 bridgehead atoms. The summed E-state index contributed by atoms with van der Waals surface area (Å²) in [5.41, 5.74) is 1.14. The van der Waals surface area contributed by atoms with Crippen molar-refractivity contribution in [3.8, 4) is 0 Å². The Morgan fingerprint density at radius 3 is 2.82 bits per heavy atom. The van der Waals surface area contributed by atoms with Crippen LogP contribution in [0.3, 0.4) is 0 Å². The molecule has 0 spiro atoms. The number of nitrogens with zero attached hydrogens (tertiary/aromatic N) is 3. The summed E-state index contributed by atoms with van der Waals surface area (Å²) in [5.74, 6) is 1.10. The van der Waals surface area contributed by atoms with Crippen molar-refractivity contribution in [2.75, 3.05) is 17.7 Å². The molecular weight excluding hydrogens is 230 g/mol. The Labute approximate surface area is 107 Å². The zero-order chi connectivity index (χ0) is 12.3. The molecule has 0 amide bonds. The highest BCUT2D eigenvalue weighted by molar-refractivity contribution is 7.98. The standard InChI is InChI=1S/C13H19N3S/c1-4-11(5-2)16-8-6-7-10-9-14-13(17-3)15-12(10)16/h6-7,9,11H,4-5,8H2,1-3H3. The van der Waals surface area contributed by atoms with E-state index in [0.29, 0.717) is 6.04 Å². The summed E-state index contributed by atoms with van der Waals surface area (Å²) < 4.78 is 0. The Hall–Kier alpha value is -1.03. The molecule has 92 valence electrons. The van der Waals surface area contributed by atoms with Gasteiger partial charge in [-0.1, -0.05) is 37.8 Å². The van der Waals surface area contributed by atoms with Gasteiger partial charge in [0.25, 0.3) is 0 Å². The van der Waals surface area contributed by atoms with Gasteiger partial charge < -0.3 is 4.90 Å². The number of hydrogen-bond acceptors (Lipinski definition) is 4. The van der Waals surface area contributed by atoms with E-state index in [9.17, 15) is 0 Å². The molecule has 3 nitrogen and oxygen atoms in total. The van der Waals surface area contributed by atoms with Gasteiger partial charge in [-0.05, 0) is 19.1 Å². The monoisotopic (exact) mass is 249 g/mol. The van der Waals surface area contributed by atoms with Crippen LogP contribution >= 0.6 is 11.8 Å². The van der Waals surface area contributed by atoms with Crippen molar-refractivity contribution in [2.24, 2.45) is 0 Å². The number of fused-ring (bicyclic) bond motifs is 1. The van der Waals surface area contributed by atoms with E-state index in [4.69, 9.17) is 0 Å². The highest BCUT2D eigenvalue weighted by atomic mass is 32.2. The van der Waals surface area contributed by atoms with Crippen molar-refractivity contribution in [2.45, 2.75) is 37.9 Å². The molecular formula is C13H19N3S. The summed E-state index contributed by atoms with van der Waals surface area (Å²) >= 11 is 1.60. The third kappa shape index (κ3) is 2.46. The normalized spacial score (nSPS) is 14.2. The summed E-state index contributed by atoms with van der Waals surface area (Å²) in [4.78, 5) is 11.4. The summed E-state index contributed by atoms with van der Waals surface area (Å²) in [5, 5.41) is 0.856. The lowest BCUT2D eigenvalue weighted by molar-refractivity contribution is 0.566. The molecule has 0 fully saturated rings. The van der Waals surface area contributed by atoms with Crippen LogP contribution in [0.1, 0.15) is 32.3 Å². The van der Waals surface area contributed by atoms with E-state index < -0.39 is 0 Å². The Morgan fingerprint density at radius 2 is 2.18 bits per heavy atom. The summed E-state index contributed by atoms with van der Waals surface area (Å²) in [6.07, 6.45) is 10.6. The van der Waals surface area contributed by atoms with Crippen molar-refractivity contribution >= 4 is 23.7 Å². The average Bonchev–Trinajstić information content (AvgIpc) is 2.40. The predicted octanol–water partition coefficient (Wildman–Crippen LogP) is 3.22. The molecule has 0 saturated carbocycles. The first kappa shape index (κ1) is 12.4. The van der Waals surface area contributed by atoms with Crippen molar-refractivity contribution in [3.05, 3.63) is 17.8 Å². The molecule has 0 aromatic carbocycles. The van der Waals surface area contributed by atoms with E-state index >= 15 is 0 Å². The fourth-order valence-electron chi connectivity index (χ4n) is 2.24. The Balaban J connectivity index is 2.38. The first-order valence-corrected chi connectivity index (χ1v) is 7.36. The van der Waals surface area contributed by atoms with Crippen molar-refractivity contribution < 1.29 is 0 Å². The molecule has 2 rings (SSSR count). The number of aromatic nitrogens is 2. The van der Waals surface area contributed by atoms with Crippen LogP contribution in [0.5, 0.6) is 0 Å². The van der Waals surface area contributed by atoms with Gasteiger partial charge in [-0.15, -0.1) is 0 Å². The van der Waals surface area contributed by atoms with Crippen molar-refractivity contribution in [3.63, 3.8) is 0 Å². The minimum atomic E-state index is 0.573. The molecule has 1 aromatic heterocycles. The molecule has 1 aliphatic rings. The van der Waals surface area contributed by atoms with Gasteiger partial charge in [0.15, 0.2) is 5.16 Å². The van der Waals surface area contributed by atoms with Crippen LogP contribution in [-0.4, -0.2) is 28.8 Å². The second-order valence-electron chi connectivity index (χ2n) is 4.16. The molecule has 0 saturated heterocycles. The van der Waals surface area contributed by atoms with Crippen LogP contribution in [0.25, 0.3) is 6.08 Å². The molecule has 4 heteroatoms. The lowest BCUT2D eigenvalue weighted by Gasteiger charge is -2.33. The maximum absolute atomic E-state index is 4.66. The second kappa shape index (κ2) is 5.54. The third-order valence-corrected chi connectivity index (χ3v) is 3.77. The summed E-state index contributed by atoms with van der Waals surface area (Å²) in [6, 6.07) is 0.573. The highest BCUT2D eigenvalue weighted by Gasteiger charge is 2.21. The highest BCUT2D eigenvalue weighted by Crippen LogP contribution is 2.28. The second-order valence-corrected chi connectivity index (χ2v) is 4.93. The number of hydrogen-bond donors (Lipinski definition) is 0. The third-order valence-electron chi connectivity index (χ3n) is 3.21. The van der Waals surface area contributed by atoms with Crippen LogP contribution in [0, 0.1) is 0 Å². The Kier molecular flexibility index (Phi) is 4.05. The van der Waals surface area contributed by atoms with Crippen LogP contribution in [0.4, 0.5) is 5.82 Å². The topological polar surface area (TPSA) is 29.0 Å². The summed E-state index contributed by atoms with van der Waals surface area (Å²) in [6.45, 7) is 5.44. The van der Waals surface area contributed by atoms with E-state index in [2.05, 4.69) is 40.9 Å². The van der Waals surface area contributed by atoms with Gasteiger partial charge in [-0.2, -0.15) is 0 Å². The zero-order valence-electron chi connectivity index (χ0n) is 10.7. The molecule has 0 atom stereocenters. The van der Waals surface area contributed by atoms with Gasteiger partial charge in [0.1, 0.15) is 5.82 Å². The Morgan fingerprint density at radius 1 is 1.41 bits per heavy atom. The average molecular weight is 249 g/mol. The van der Waals surface area contributed by atoms with E-state index in [-0.39, 0.29) is 0 Å². The largest absolute Gasteiger partial charge is 0.349 e. The molecule has 0 unspecified atom stereocenters. The van der Waals surface area contributed by atoms with Crippen LogP contribution in [-0.2, 0) is 0 Å². The minimum absolute atomic E-state index is 0.573. The van der Waals surface area contributed by atoms with Crippen LogP contribution in [0.15, 0.2) is 17.4 Å². The van der Waals surface area contributed by atoms with Gasteiger partial charge >= 0.3 is 0 Å². The van der Waals surface area contributed by atoms with Crippen LogP contribution in [0.2, 0.25) is 0 Å². The SMILES string of the molecule is CCC(CC)N1CC=Cc2cnc(SC)nc21. The van der Waals surface area contributed by atoms with Gasteiger partial charge in [0.2, 0.25) is 0 Å². The number of anilines is 1. The smallest absolute Gasteiger partial charge is 0.189 e. The van der Waals surface area contributed by atoms with Gasteiger partial charge in [0.05, 0.1) is 0 Å². The van der Waals surface area contributed by atoms with Gasteiger partial charge in [0, 0.05) is 24.3 Å². The minimum Gasteiger partial charge on any atom is -0.349 e. The van der Waals surface area contributed by atoms with Crippen LogP contribution < -0.4 is 4.90 Å². The van der Waals surface area contributed by atoms with E-state index in [1.165, 1.54) is 0 Å². The maximum Gasteiger partial charge on any atom is 0.189 e. The maximum atomic E-state index is 4.66. The van der Waals surface area contributed by atoms with Crippen molar-refractivity contribution in [1.82, 2.24) is 9.97 Å². The molecule has 0 aliphatic carbocycles. The molecule has 0 radical (unpaired) electrons. The predicted molar refractivity (Wildman–Crippen MR) is 74.6 cm³/mol. The van der Waals surface area contributed by atoms with Gasteiger partial charge in [-0.25, -0.2) is 9.97 Å². The molecule has 17 heavy (non-hydrogen) atoms. The fraction of sp³-hybridized carbons (Fsp3) is 0.538. The molecule has 0 N–H and O–H groups in total. The first-order valence-electron chi connectivity index (χ1n) is 6.14. The fourth-order valence-corrected chi connectivity index (χ4v) is 2.58. The molecule has 1 aliphatic heterocycles. The first-order chi connectivity index (χ1) is 8.30. The van der Waals surface area contributed by atoms with Crippen molar-refractivity contribution in [1.29, 1.82) is 0 Å². The van der Waals surface area contributed by atoms with E-state index in [0.717, 1.165) is 35.9 Å². The molecule has 2 heterocycles. The summed E-state index contributed by atoms with van der Waals surface area (Å²) in [7, 11) is 0. The number of thioether (sulfide) groups is 1. The molecule has 1 aromatic rings. The lowest BCUT2D eigenvalue weighted by Crippen LogP contribution is -2.37.